The summed E-state index contributed by atoms with van der Waals surface area (Å²) in [6, 6.07) is -0.843. The highest BCUT2D eigenvalue weighted by molar-refractivity contribution is 7.15. The average Bonchev–Trinajstić information content (AvgIpc) is 2.97. The summed E-state index contributed by atoms with van der Waals surface area (Å²) in [4.78, 5) is 29.2. The summed E-state index contributed by atoms with van der Waals surface area (Å²) in [5.41, 5.74) is 0.595. The van der Waals surface area contributed by atoms with Crippen LogP contribution in [0.5, 0.6) is 0 Å². The summed E-state index contributed by atoms with van der Waals surface area (Å²) in [6.45, 7) is 1.72. The Bertz CT molecular complexity index is 707. The van der Waals surface area contributed by atoms with Gasteiger partial charge in [0.15, 0.2) is 10.1 Å². The number of aliphatic carboxylic acids is 1. The Morgan fingerprint density at radius 1 is 1.62 bits per heavy atom. The van der Waals surface area contributed by atoms with Gasteiger partial charge >= 0.3 is 5.97 Å². The largest absolute Gasteiger partial charge is 0.480 e. The van der Waals surface area contributed by atoms with Gasteiger partial charge in [0.25, 0.3) is 0 Å². The van der Waals surface area contributed by atoms with Crippen LogP contribution in [0.3, 0.4) is 0 Å². The van der Waals surface area contributed by atoms with Crippen molar-refractivity contribution in [3.05, 3.63) is 28.5 Å². The van der Waals surface area contributed by atoms with Crippen LogP contribution in [0.4, 0.5) is 0 Å². The maximum atomic E-state index is 12.0. The molecule has 0 aliphatic carbocycles. The lowest BCUT2D eigenvalue weighted by molar-refractivity contribution is -0.147. The molecule has 0 aliphatic heterocycles. The smallest absolute Gasteiger partial charge is 0.326 e. The Hall–Kier alpha value is -1.86. The van der Waals surface area contributed by atoms with Crippen LogP contribution in [0.2, 0.25) is 5.15 Å². The molecule has 0 saturated heterocycles. The third-order valence-electron chi connectivity index (χ3n) is 3.12. The molecule has 2 aromatic rings. The summed E-state index contributed by atoms with van der Waals surface area (Å²) >= 11 is 7.45. The molecule has 1 amide bonds. The van der Waals surface area contributed by atoms with E-state index in [0.717, 1.165) is 4.96 Å². The zero-order valence-corrected chi connectivity index (χ0v) is 13.1. The first-order chi connectivity index (χ1) is 9.95. The minimum absolute atomic E-state index is 0.304. The molecule has 21 heavy (non-hydrogen) atoms. The second kappa shape index (κ2) is 6.28. The number of hydrogen-bond donors (Lipinski definition) is 1. The average molecular weight is 328 g/mol. The number of aromatic nitrogens is 2. The zero-order valence-electron chi connectivity index (χ0n) is 11.5. The van der Waals surface area contributed by atoms with E-state index < -0.39 is 17.9 Å². The number of carboxylic acids is 1. The molecular formula is C13H14ClN3O3S. The Labute approximate surface area is 130 Å². The van der Waals surface area contributed by atoms with Crippen LogP contribution in [0, 0.1) is 0 Å². The van der Waals surface area contributed by atoms with E-state index in [0.29, 0.717) is 17.3 Å². The number of carbonyl (C=O) groups is 2. The van der Waals surface area contributed by atoms with Crippen LogP contribution in [0.15, 0.2) is 17.7 Å². The molecule has 8 heteroatoms. The molecule has 0 saturated carbocycles. The molecule has 1 N–H and O–H groups in total. The van der Waals surface area contributed by atoms with E-state index >= 15 is 0 Å². The number of carbonyl (C=O) groups excluding carboxylic acids is 1. The maximum absolute atomic E-state index is 12.0. The van der Waals surface area contributed by atoms with E-state index in [9.17, 15) is 9.59 Å². The van der Waals surface area contributed by atoms with Gasteiger partial charge < -0.3 is 10.0 Å². The number of imidazole rings is 1. The lowest BCUT2D eigenvalue weighted by Crippen LogP contribution is -2.41. The van der Waals surface area contributed by atoms with Crippen LogP contribution in [-0.2, 0) is 9.59 Å². The van der Waals surface area contributed by atoms with E-state index in [1.54, 1.807) is 23.6 Å². The Kier molecular flexibility index (Phi) is 4.64. The fourth-order valence-corrected chi connectivity index (χ4v) is 2.97. The predicted octanol–water partition coefficient (Wildman–Crippen LogP) is 2.38. The van der Waals surface area contributed by atoms with Gasteiger partial charge in [0.1, 0.15) is 6.04 Å². The fraction of sp³-hybridized carbons (Fsp3) is 0.308. The predicted molar refractivity (Wildman–Crippen MR) is 81.6 cm³/mol. The Balaban J connectivity index is 2.20. The number of fused-ring (bicyclic) bond motifs is 1. The molecule has 0 fully saturated rings. The standard InChI is InChI=1S/C13H14ClN3O3S/c1-3-8(12(19)20)16(2)10(18)5-4-9-11(14)15-13-17(9)6-7-21-13/h4-8H,3H2,1-2H3,(H,19,20). The van der Waals surface area contributed by atoms with E-state index in [2.05, 4.69) is 4.98 Å². The van der Waals surface area contributed by atoms with Crippen molar-refractivity contribution in [2.24, 2.45) is 0 Å². The van der Waals surface area contributed by atoms with Crippen molar-refractivity contribution in [1.82, 2.24) is 14.3 Å². The highest BCUT2D eigenvalue weighted by Crippen LogP contribution is 2.22. The number of nitrogens with zero attached hydrogens (tertiary/aromatic N) is 3. The SMILES string of the molecule is CCC(C(=O)O)N(C)C(=O)C=Cc1c(Cl)nc2sccn12. The molecule has 1 unspecified atom stereocenters. The van der Waals surface area contributed by atoms with E-state index in [4.69, 9.17) is 16.7 Å². The van der Waals surface area contributed by atoms with Crippen molar-refractivity contribution < 1.29 is 14.7 Å². The first kappa shape index (κ1) is 15.5. The van der Waals surface area contributed by atoms with Crippen LogP contribution >= 0.6 is 22.9 Å². The summed E-state index contributed by atoms with van der Waals surface area (Å²) in [5, 5.41) is 11.2. The summed E-state index contributed by atoms with van der Waals surface area (Å²) < 4.78 is 1.77. The van der Waals surface area contributed by atoms with Gasteiger partial charge in [-0.15, -0.1) is 11.3 Å². The molecule has 0 spiro atoms. The molecule has 112 valence electrons. The summed E-state index contributed by atoms with van der Waals surface area (Å²) in [7, 11) is 1.47. The van der Waals surface area contributed by atoms with E-state index in [1.165, 1.54) is 29.4 Å². The van der Waals surface area contributed by atoms with Gasteiger partial charge in [-0.1, -0.05) is 18.5 Å². The molecule has 2 heterocycles. The monoisotopic (exact) mass is 327 g/mol. The lowest BCUT2D eigenvalue weighted by atomic mass is 10.2. The molecule has 0 aliphatic rings. The van der Waals surface area contributed by atoms with Crippen molar-refractivity contribution in [2.75, 3.05) is 7.05 Å². The minimum Gasteiger partial charge on any atom is -0.480 e. The quantitative estimate of drug-likeness (QED) is 0.856. The number of amides is 1. The van der Waals surface area contributed by atoms with Crippen molar-refractivity contribution in [3.63, 3.8) is 0 Å². The highest BCUT2D eigenvalue weighted by atomic mass is 35.5. The number of thiazole rings is 1. The molecule has 0 bridgehead atoms. The molecule has 2 aromatic heterocycles. The number of halogens is 1. The molecule has 2 rings (SSSR count). The normalized spacial score (nSPS) is 12.9. The van der Waals surface area contributed by atoms with E-state index in [-0.39, 0.29) is 0 Å². The van der Waals surface area contributed by atoms with Gasteiger partial charge in [-0.2, -0.15) is 0 Å². The van der Waals surface area contributed by atoms with Crippen LogP contribution in [0.1, 0.15) is 19.0 Å². The van der Waals surface area contributed by atoms with Gasteiger partial charge in [0.2, 0.25) is 5.91 Å². The topological polar surface area (TPSA) is 74.9 Å². The summed E-state index contributed by atoms with van der Waals surface area (Å²) in [6.07, 6.45) is 4.99. The Morgan fingerprint density at radius 2 is 2.33 bits per heavy atom. The van der Waals surface area contributed by atoms with Crippen molar-refractivity contribution in [1.29, 1.82) is 0 Å². The number of rotatable bonds is 5. The van der Waals surface area contributed by atoms with Gasteiger partial charge in [0, 0.05) is 24.7 Å². The maximum Gasteiger partial charge on any atom is 0.326 e. The molecule has 1 atom stereocenters. The second-order valence-corrected chi connectivity index (χ2v) is 5.62. The lowest BCUT2D eigenvalue weighted by Gasteiger charge is -2.22. The zero-order chi connectivity index (χ0) is 15.6. The molecular weight excluding hydrogens is 314 g/mol. The van der Waals surface area contributed by atoms with Crippen LogP contribution in [0.25, 0.3) is 11.0 Å². The van der Waals surface area contributed by atoms with Gasteiger partial charge in [0.05, 0.1) is 5.69 Å². The molecule has 0 aromatic carbocycles. The highest BCUT2D eigenvalue weighted by Gasteiger charge is 2.23. The van der Waals surface area contributed by atoms with Gasteiger partial charge in [-0.05, 0) is 12.5 Å². The first-order valence-corrected chi connectivity index (χ1v) is 7.50. The van der Waals surface area contributed by atoms with Crippen LogP contribution in [-0.4, -0.2) is 44.4 Å². The second-order valence-electron chi connectivity index (χ2n) is 4.39. The van der Waals surface area contributed by atoms with Crippen molar-refractivity contribution in [2.45, 2.75) is 19.4 Å². The van der Waals surface area contributed by atoms with Crippen LogP contribution < -0.4 is 0 Å². The van der Waals surface area contributed by atoms with Crippen molar-refractivity contribution >= 4 is 45.9 Å². The third-order valence-corrected chi connectivity index (χ3v) is 4.16. The summed E-state index contributed by atoms with van der Waals surface area (Å²) in [5.74, 6) is -1.42. The molecule has 0 radical (unpaired) electrons. The minimum atomic E-state index is -1.02. The van der Waals surface area contributed by atoms with E-state index in [1.807, 2.05) is 5.38 Å². The molecule has 6 nitrogen and oxygen atoms in total. The Morgan fingerprint density at radius 3 is 2.95 bits per heavy atom. The third kappa shape index (κ3) is 3.08. The van der Waals surface area contributed by atoms with Gasteiger partial charge in [-0.25, -0.2) is 9.78 Å². The van der Waals surface area contributed by atoms with Gasteiger partial charge in [-0.3, -0.25) is 9.20 Å². The number of carboxylic acid groups (broad SMARTS) is 1. The fourth-order valence-electron chi connectivity index (χ4n) is 1.96. The first-order valence-electron chi connectivity index (χ1n) is 6.24. The number of likely N-dealkylation sites (N-methyl/N-ethyl adjacent to an activating group) is 1. The van der Waals surface area contributed by atoms with Crippen molar-refractivity contribution in [3.8, 4) is 0 Å². The number of hydrogen-bond acceptors (Lipinski definition) is 4.